The molecule has 0 saturated heterocycles. The van der Waals surface area contributed by atoms with Crippen LogP contribution in [-0.4, -0.2) is 11.1 Å². The van der Waals surface area contributed by atoms with Crippen LogP contribution in [0.3, 0.4) is 0 Å². The van der Waals surface area contributed by atoms with E-state index in [0.717, 1.165) is 11.6 Å². The van der Waals surface area contributed by atoms with Crippen molar-refractivity contribution in [2.24, 2.45) is 0 Å². The van der Waals surface area contributed by atoms with Gasteiger partial charge in [-0.3, -0.25) is 0 Å². The second-order valence-electron chi connectivity index (χ2n) is 3.33. The maximum Gasteiger partial charge on any atom is 0.328 e. The summed E-state index contributed by atoms with van der Waals surface area (Å²) in [6.45, 7) is 3.53. The van der Waals surface area contributed by atoms with E-state index in [1.54, 1.807) is 19.1 Å². The van der Waals surface area contributed by atoms with Crippen molar-refractivity contribution >= 4 is 11.5 Å². The van der Waals surface area contributed by atoms with Gasteiger partial charge in [0.05, 0.1) is 0 Å². The molecule has 0 aliphatic heterocycles. The van der Waals surface area contributed by atoms with E-state index in [1.807, 2.05) is 6.92 Å². The van der Waals surface area contributed by atoms with E-state index < -0.39 is 5.97 Å². The Morgan fingerprint density at radius 3 is 2.67 bits per heavy atom. The molecule has 0 aliphatic rings. The molecule has 0 heterocycles. The zero-order valence-corrected chi connectivity index (χ0v) is 8.75. The lowest BCUT2D eigenvalue weighted by atomic mass is 10.0. The first-order valence-electron chi connectivity index (χ1n) is 4.74. The predicted molar refractivity (Wildman–Crippen MR) is 57.0 cm³/mol. The maximum atomic E-state index is 13.0. The Bertz CT molecular complexity index is 408. The number of benzene rings is 1. The van der Waals surface area contributed by atoms with Crippen LogP contribution in [0.1, 0.15) is 24.5 Å². The van der Waals surface area contributed by atoms with Crippen molar-refractivity contribution < 1.29 is 14.3 Å². The van der Waals surface area contributed by atoms with E-state index in [4.69, 9.17) is 5.11 Å². The minimum absolute atomic E-state index is 0.274. The number of allylic oxidation sites excluding steroid dienone is 1. The summed E-state index contributed by atoms with van der Waals surface area (Å²) in [4.78, 5) is 10.5. The summed E-state index contributed by atoms with van der Waals surface area (Å²) in [5.41, 5.74) is 1.99. The monoisotopic (exact) mass is 208 g/mol. The molecule has 15 heavy (non-hydrogen) atoms. The topological polar surface area (TPSA) is 37.3 Å². The quantitative estimate of drug-likeness (QED) is 0.775. The molecular formula is C12H13FO2. The number of aliphatic carboxylic acids is 1. The first-order chi connectivity index (χ1) is 7.04. The molecule has 0 radical (unpaired) electrons. The lowest BCUT2D eigenvalue weighted by molar-refractivity contribution is -0.131. The third kappa shape index (κ3) is 2.91. The minimum atomic E-state index is -0.978. The normalized spacial score (nSPS) is 11.5. The molecule has 0 aromatic heterocycles. The van der Waals surface area contributed by atoms with Crippen LogP contribution in [0.15, 0.2) is 24.3 Å². The summed E-state index contributed by atoms with van der Waals surface area (Å²) >= 11 is 0. The maximum absolute atomic E-state index is 13.0. The SMILES string of the molecule is CC/C(=C\C(=O)O)c1ccc(F)c(C)c1. The van der Waals surface area contributed by atoms with Gasteiger partial charge in [-0.25, -0.2) is 9.18 Å². The average molecular weight is 208 g/mol. The third-order valence-electron chi connectivity index (χ3n) is 2.21. The fourth-order valence-electron chi connectivity index (χ4n) is 1.38. The van der Waals surface area contributed by atoms with E-state index in [2.05, 4.69) is 0 Å². The molecule has 0 aliphatic carbocycles. The van der Waals surface area contributed by atoms with Gasteiger partial charge in [-0.05, 0) is 42.2 Å². The Kier molecular flexibility index (Phi) is 3.61. The third-order valence-corrected chi connectivity index (χ3v) is 2.21. The van der Waals surface area contributed by atoms with Crippen LogP contribution in [0.25, 0.3) is 5.57 Å². The molecular weight excluding hydrogens is 195 g/mol. The molecule has 3 heteroatoms. The molecule has 1 N–H and O–H groups in total. The van der Waals surface area contributed by atoms with Gasteiger partial charge in [0.25, 0.3) is 0 Å². The summed E-state index contributed by atoms with van der Waals surface area (Å²) < 4.78 is 13.0. The Hall–Kier alpha value is -1.64. The largest absolute Gasteiger partial charge is 0.478 e. The molecule has 0 atom stereocenters. The van der Waals surface area contributed by atoms with E-state index in [-0.39, 0.29) is 5.82 Å². The molecule has 0 bridgehead atoms. The highest BCUT2D eigenvalue weighted by atomic mass is 19.1. The highest BCUT2D eigenvalue weighted by Crippen LogP contribution is 2.20. The van der Waals surface area contributed by atoms with Crippen LogP contribution in [-0.2, 0) is 4.79 Å². The summed E-state index contributed by atoms with van der Waals surface area (Å²) in [5.74, 6) is -1.25. The highest BCUT2D eigenvalue weighted by molar-refractivity contribution is 5.90. The highest BCUT2D eigenvalue weighted by Gasteiger charge is 2.04. The number of halogens is 1. The molecule has 0 fully saturated rings. The smallest absolute Gasteiger partial charge is 0.328 e. The van der Waals surface area contributed by atoms with Gasteiger partial charge in [-0.15, -0.1) is 0 Å². The molecule has 0 saturated carbocycles. The van der Waals surface area contributed by atoms with E-state index in [0.29, 0.717) is 17.6 Å². The Balaban J connectivity index is 3.14. The van der Waals surface area contributed by atoms with E-state index in [1.165, 1.54) is 6.07 Å². The first-order valence-corrected chi connectivity index (χ1v) is 4.74. The van der Waals surface area contributed by atoms with Gasteiger partial charge in [-0.2, -0.15) is 0 Å². The Morgan fingerprint density at radius 2 is 2.20 bits per heavy atom. The second-order valence-corrected chi connectivity index (χ2v) is 3.33. The summed E-state index contributed by atoms with van der Waals surface area (Å²) in [6, 6.07) is 4.62. The number of hydrogen-bond donors (Lipinski definition) is 1. The summed E-state index contributed by atoms with van der Waals surface area (Å²) in [5, 5.41) is 8.65. The zero-order valence-electron chi connectivity index (χ0n) is 8.75. The summed E-state index contributed by atoms with van der Waals surface area (Å²) in [7, 11) is 0. The van der Waals surface area contributed by atoms with Gasteiger partial charge in [0, 0.05) is 6.08 Å². The van der Waals surface area contributed by atoms with Crippen molar-refractivity contribution in [3.05, 3.63) is 41.2 Å². The molecule has 0 unspecified atom stereocenters. The van der Waals surface area contributed by atoms with Crippen molar-refractivity contribution in [2.75, 3.05) is 0 Å². The Labute approximate surface area is 88.1 Å². The van der Waals surface area contributed by atoms with Gasteiger partial charge >= 0.3 is 5.97 Å². The van der Waals surface area contributed by atoms with Crippen LogP contribution < -0.4 is 0 Å². The van der Waals surface area contributed by atoms with Crippen LogP contribution >= 0.6 is 0 Å². The van der Waals surface area contributed by atoms with Crippen LogP contribution in [0, 0.1) is 12.7 Å². The van der Waals surface area contributed by atoms with Gasteiger partial charge in [0.2, 0.25) is 0 Å². The van der Waals surface area contributed by atoms with Gasteiger partial charge < -0.3 is 5.11 Å². The summed E-state index contributed by atoms with van der Waals surface area (Å²) in [6.07, 6.45) is 1.77. The van der Waals surface area contributed by atoms with Crippen molar-refractivity contribution in [1.82, 2.24) is 0 Å². The first kappa shape index (κ1) is 11.4. The minimum Gasteiger partial charge on any atom is -0.478 e. The number of carboxylic acid groups (broad SMARTS) is 1. The molecule has 0 spiro atoms. The predicted octanol–water partition coefficient (Wildman–Crippen LogP) is 3.01. The number of rotatable bonds is 3. The number of carbonyl (C=O) groups is 1. The molecule has 1 rings (SSSR count). The lowest BCUT2D eigenvalue weighted by Gasteiger charge is -2.05. The fraction of sp³-hybridized carbons (Fsp3) is 0.250. The molecule has 2 nitrogen and oxygen atoms in total. The van der Waals surface area contributed by atoms with Crippen molar-refractivity contribution in [3.8, 4) is 0 Å². The molecule has 80 valence electrons. The van der Waals surface area contributed by atoms with Crippen LogP contribution in [0.2, 0.25) is 0 Å². The molecule has 1 aromatic rings. The average Bonchev–Trinajstić information content (AvgIpc) is 2.18. The number of hydrogen-bond acceptors (Lipinski definition) is 1. The lowest BCUT2D eigenvalue weighted by Crippen LogP contribution is -1.93. The van der Waals surface area contributed by atoms with Gasteiger partial charge in [0.1, 0.15) is 5.82 Å². The Morgan fingerprint density at radius 1 is 1.53 bits per heavy atom. The van der Waals surface area contributed by atoms with Crippen LogP contribution in [0.4, 0.5) is 4.39 Å². The zero-order chi connectivity index (χ0) is 11.4. The van der Waals surface area contributed by atoms with Gasteiger partial charge in [-0.1, -0.05) is 13.0 Å². The second kappa shape index (κ2) is 4.73. The number of carboxylic acids is 1. The van der Waals surface area contributed by atoms with Gasteiger partial charge in [0.15, 0.2) is 0 Å². The fourth-order valence-corrected chi connectivity index (χ4v) is 1.38. The number of aryl methyl sites for hydroxylation is 1. The van der Waals surface area contributed by atoms with Crippen LogP contribution in [0.5, 0.6) is 0 Å². The standard InChI is InChI=1S/C12H13FO2/c1-3-9(7-12(14)15)10-4-5-11(13)8(2)6-10/h4-7H,3H2,1-2H3,(H,14,15)/b9-7+. The van der Waals surface area contributed by atoms with Crippen molar-refractivity contribution in [1.29, 1.82) is 0 Å². The van der Waals surface area contributed by atoms with E-state index in [9.17, 15) is 9.18 Å². The van der Waals surface area contributed by atoms with Crippen molar-refractivity contribution in [3.63, 3.8) is 0 Å². The molecule has 0 amide bonds. The van der Waals surface area contributed by atoms with Crippen molar-refractivity contribution in [2.45, 2.75) is 20.3 Å². The molecule has 1 aromatic carbocycles. The van der Waals surface area contributed by atoms with E-state index >= 15 is 0 Å².